The number of carbonyl (C=O) groups excluding carboxylic acids is 1. The van der Waals surface area contributed by atoms with E-state index in [1.807, 2.05) is 33.9 Å². The fourth-order valence-corrected chi connectivity index (χ4v) is 2.39. The number of hydrogen-bond acceptors (Lipinski definition) is 5. The number of amides is 1. The molecule has 1 amide bonds. The summed E-state index contributed by atoms with van der Waals surface area (Å²) in [6.07, 6.45) is 1.63. The molecule has 2 aliphatic rings. The molecule has 0 aromatic heterocycles. The van der Waals surface area contributed by atoms with E-state index in [9.17, 15) is 4.79 Å². The van der Waals surface area contributed by atoms with Gasteiger partial charge in [0.15, 0.2) is 0 Å². The molecule has 0 aromatic rings. The monoisotopic (exact) mass is 269 g/mol. The SMILES string of the molecule is CCONC1C=NCC12CN(C(=O)OC(C)(C)C)C2. The van der Waals surface area contributed by atoms with Gasteiger partial charge in [-0.2, -0.15) is 5.48 Å². The lowest BCUT2D eigenvalue weighted by molar-refractivity contribution is -0.0614. The molecular formula is C13H23N3O3. The summed E-state index contributed by atoms with van der Waals surface area (Å²) in [6.45, 7) is 10.2. The van der Waals surface area contributed by atoms with Crippen molar-refractivity contribution in [3.63, 3.8) is 0 Å². The average molecular weight is 269 g/mol. The Labute approximate surface area is 114 Å². The van der Waals surface area contributed by atoms with Gasteiger partial charge >= 0.3 is 6.09 Å². The molecule has 2 rings (SSSR count). The molecular weight excluding hydrogens is 246 g/mol. The predicted octanol–water partition coefficient (Wildman–Crippen LogP) is 1.22. The molecule has 2 heterocycles. The maximum absolute atomic E-state index is 11.9. The number of nitrogens with one attached hydrogen (secondary N) is 1. The summed E-state index contributed by atoms with van der Waals surface area (Å²) >= 11 is 0. The van der Waals surface area contributed by atoms with Crippen LogP contribution in [-0.2, 0) is 9.57 Å². The van der Waals surface area contributed by atoms with Crippen LogP contribution in [0.5, 0.6) is 0 Å². The summed E-state index contributed by atoms with van der Waals surface area (Å²) in [4.78, 5) is 23.2. The summed E-state index contributed by atoms with van der Waals surface area (Å²) in [5.41, 5.74) is 2.53. The summed E-state index contributed by atoms with van der Waals surface area (Å²) in [6, 6.07) is 0.0751. The van der Waals surface area contributed by atoms with E-state index in [1.165, 1.54) is 0 Å². The fourth-order valence-electron chi connectivity index (χ4n) is 2.39. The predicted molar refractivity (Wildman–Crippen MR) is 72.1 cm³/mol. The topological polar surface area (TPSA) is 63.2 Å². The van der Waals surface area contributed by atoms with E-state index in [2.05, 4.69) is 10.5 Å². The third kappa shape index (κ3) is 3.06. The number of hydrogen-bond donors (Lipinski definition) is 1. The zero-order valence-corrected chi connectivity index (χ0v) is 12.1. The Kier molecular flexibility index (Phi) is 3.82. The maximum atomic E-state index is 11.9. The van der Waals surface area contributed by atoms with Gasteiger partial charge in [0, 0.05) is 31.3 Å². The molecule has 1 atom stereocenters. The van der Waals surface area contributed by atoms with Gasteiger partial charge in [-0.05, 0) is 27.7 Å². The lowest BCUT2D eigenvalue weighted by Crippen LogP contribution is -2.66. The van der Waals surface area contributed by atoms with Crippen LogP contribution in [0.15, 0.2) is 4.99 Å². The van der Waals surface area contributed by atoms with Gasteiger partial charge in [-0.15, -0.1) is 0 Å². The van der Waals surface area contributed by atoms with Crippen molar-refractivity contribution in [1.29, 1.82) is 0 Å². The minimum atomic E-state index is -0.449. The minimum absolute atomic E-state index is 0.0218. The zero-order valence-electron chi connectivity index (χ0n) is 12.1. The van der Waals surface area contributed by atoms with Crippen molar-refractivity contribution in [3.8, 4) is 0 Å². The first kappa shape index (κ1) is 14.3. The maximum Gasteiger partial charge on any atom is 0.410 e. The first-order chi connectivity index (χ1) is 8.86. The van der Waals surface area contributed by atoms with E-state index < -0.39 is 5.60 Å². The molecule has 0 saturated carbocycles. The van der Waals surface area contributed by atoms with Crippen molar-refractivity contribution >= 4 is 12.3 Å². The Morgan fingerprint density at radius 3 is 2.79 bits per heavy atom. The number of nitrogens with zero attached hydrogens (tertiary/aromatic N) is 2. The Hall–Kier alpha value is -1.14. The summed E-state index contributed by atoms with van der Waals surface area (Å²) in [5.74, 6) is 0. The largest absolute Gasteiger partial charge is 0.444 e. The lowest BCUT2D eigenvalue weighted by atomic mass is 9.76. The molecule has 6 heteroatoms. The summed E-state index contributed by atoms with van der Waals surface area (Å²) in [5, 5.41) is 0. The standard InChI is InChI=1S/C13H23N3O3/c1-5-18-15-10-6-14-7-13(10)8-16(9-13)11(17)19-12(2,3)4/h6,10,15H,5,7-9H2,1-4H3. The number of hydroxylamine groups is 1. The zero-order chi connectivity index (χ0) is 14.1. The summed E-state index contributed by atoms with van der Waals surface area (Å²) in [7, 11) is 0. The molecule has 6 nitrogen and oxygen atoms in total. The van der Waals surface area contributed by atoms with Crippen molar-refractivity contribution in [2.45, 2.75) is 39.3 Å². The van der Waals surface area contributed by atoms with Crippen LogP contribution < -0.4 is 5.48 Å². The van der Waals surface area contributed by atoms with Crippen LogP contribution in [0, 0.1) is 5.41 Å². The van der Waals surface area contributed by atoms with E-state index in [0.29, 0.717) is 19.7 Å². The van der Waals surface area contributed by atoms with Crippen molar-refractivity contribution in [3.05, 3.63) is 0 Å². The van der Waals surface area contributed by atoms with Crippen LogP contribution in [0.1, 0.15) is 27.7 Å². The van der Waals surface area contributed by atoms with E-state index in [1.54, 1.807) is 4.90 Å². The lowest BCUT2D eigenvalue weighted by Gasteiger charge is -2.50. The third-order valence-electron chi connectivity index (χ3n) is 3.34. The van der Waals surface area contributed by atoms with Gasteiger partial charge in [0.1, 0.15) is 5.60 Å². The van der Waals surface area contributed by atoms with Crippen molar-refractivity contribution in [2.75, 3.05) is 26.2 Å². The Morgan fingerprint density at radius 2 is 2.21 bits per heavy atom. The Balaban J connectivity index is 1.86. The fraction of sp³-hybridized carbons (Fsp3) is 0.846. The quantitative estimate of drug-likeness (QED) is 0.782. The highest BCUT2D eigenvalue weighted by Gasteiger charge is 2.53. The number of likely N-dealkylation sites (tertiary alicyclic amines) is 1. The number of carbonyl (C=O) groups is 1. The number of rotatable bonds is 3. The third-order valence-corrected chi connectivity index (χ3v) is 3.34. The molecule has 1 fully saturated rings. The van der Waals surface area contributed by atoms with Crippen LogP contribution in [0.2, 0.25) is 0 Å². The molecule has 1 spiro atoms. The highest BCUT2D eigenvalue weighted by molar-refractivity contribution is 5.73. The molecule has 0 radical (unpaired) electrons. The summed E-state index contributed by atoms with van der Waals surface area (Å²) < 4.78 is 5.36. The number of ether oxygens (including phenoxy) is 1. The van der Waals surface area contributed by atoms with Crippen LogP contribution in [0.4, 0.5) is 4.79 Å². The molecule has 108 valence electrons. The minimum Gasteiger partial charge on any atom is -0.444 e. The second-order valence-electron chi connectivity index (χ2n) is 6.22. The highest BCUT2D eigenvalue weighted by Crippen LogP contribution is 2.37. The Bertz CT molecular complexity index is 370. The van der Waals surface area contributed by atoms with Gasteiger partial charge in [-0.3, -0.25) is 4.99 Å². The highest BCUT2D eigenvalue weighted by atomic mass is 16.6. The Morgan fingerprint density at radius 1 is 1.53 bits per heavy atom. The second kappa shape index (κ2) is 5.09. The molecule has 1 saturated heterocycles. The van der Waals surface area contributed by atoms with Crippen molar-refractivity contribution in [2.24, 2.45) is 10.4 Å². The molecule has 0 bridgehead atoms. The molecule has 1 unspecified atom stereocenters. The molecule has 2 aliphatic heterocycles. The van der Waals surface area contributed by atoms with E-state index in [-0.39, 0.29) is 17.6 Å². The average Bonchev–Trinajstić information content (AvgIpc) is 2.65. The van der Waals surface area contributed by atoms with E-state index in [4.69, 9.17) is 9.57 Å². The van der Waals surface area contributed by atoms with Crippen LogP contribution in [0.3, 0.4) is 0 Å². The first-order valence-corrected chi connectivity index (χ1v) is 6.71. The van der Waals surface area contributed by atoms with Gasteiger partial charge in [0.2, 0.25) is 0 Å². The second-order valence-corrected chi connectivity index (χ2v) is 6.22. The van der Waals surface area contributed by atoms with Gasteiger partial charge in [-0.25, -0.2) is 4.79 Å². The van der Waals surface area contributed by atoms with Gasteiger partial charge < -0.3 is 14.5 Å². The van der Waals surface area contributed by atoms with Gasteiger partial charge in [0.25, 0.3) is 0 Å². The van der Waals surface area contributed by atoms with Crippen molar-refractivity contribution < 1.29 is 14.4 Å². The van der Waals surface area contributed by atoms with E-state index >= 15 is 0 Å². The van der Waals surface area contributed by atoms with E-state index in [0.717, 1.165) is 6.54 Å². The molecule has 19 heavy (non-hydrogen) atoms. The normalized spacial score (nSPS) is 24.6. The number of aliphatic imine (C=N–C) groups is 1. The smallest absolute Gasteiger partial charge is 0.410 e. The van der Waals surface area contributed by atoms with Crippen LogP contribution in [0.25, 0.3) is 0 Å². The van der Waals surface area contributed by atoms with Crippen LogP contribution >= 0.6 is 0 Å². The molecule has 0 aromatic carbocycles. The first-order valence-electron chi connectivity index (χ1n) is 6.71. The molecule has 1 N–H and O–H groups in total. The van der Waals surface area contributed by atoms with Gasteiger partial charge in [0.05, 0.1) is 12.6 Å². The molecule has 0 aliphatic carbocycles. The van der Waals surface area contributed by atoms with Crippen molar-refractivity contribution in [1.82, 2.24) is 10.4 Å². The van der Waals surface area contributed by atoms with Gasteiger partial charge in [-0.1, -0.05) is 0 Å². The van der Waals surface area contributed by atoms with Crippen LogP contribution in [-0.4, -0.2) is 55.1 Å².